The highest BCUT2D eigenvalue weighted by molar-refractivity contribution is 5.69. The Kier molecular flexibility index (Phi) is 6.14. The van der Waals surface area contributed by atoms with Crippen molar-refractivity contribution in [2.45, 2.75) is 32.6 Å². The molecule has 0 atom stereocenters. The Labute approximate surface area is 177 Å². The minimum atomic E-state index is 0.175. The molecule has 0 aliphatic heterocycles. The number of aromatic nitrogens is 3. The summed E-state index contributed by atoms with van der Waals surface area (Å²) in [5.74, 6) is 2.08. The van der Waals surface area contributed by atoms with Gasteiger partial charge in [-0.25, -0.2) is 15.0 Å². The number of hydrogen-bond acceptors (Lipinski definition) is 4. The number of phenols is 1. The fraction of sp³-hybridized carbons (Fsp3) is 0.192. The molecule has 0 fully saturated rings. The third-order valence-electron chi connectivity index (χ3n) is 5.08. The number of benzene rings is 3. The Morgan fingerprint density at radius 3 is 2.00 bits per heavy atom. The Balaban J connectivity index is 1.72. The van der Waals surface area contributed by atoms with Crippen LogP contribution in [0.4, 0.5) is 0 Å². The number of hydrogen-bond donors (Lipinski definition) is 1. The highest BCUT2D eigenvalue weighted by Crippen LogP contribution is 2.28. The smallest absolute Gasteiger partial charge is 0.167 e. The van der Waals surface area contributed by atoms with Gasteiger partial charge < -0.3 is 5.11 Å². The lowest BCUT2D eigenvalue weighted by molar-refractivity contribution is 0.477. The van der Waals surface area contributed by atoms with Crippen LogP contribution in [-0.4, -0.2) is 20.1 Å². The minimum Gasteiger partial charge on any atom is -0.507 e. The molecule has 1 aromatic heterocycles. The maximum atomic E-state index is 10.3. The molecule has 4 aromatic rings. The molecule has 1 heterocycles. The quantitative estimate of drug-likeness (QED) is 0.372. The summed E-state index contributed by atoms with van der Waals surface area (Å²) in [5, 5.41) is 10.3. The molecule has 4 nitrogen and oxygen atoms in total. The largest absolute Gasteiger partial charge is 0.507 e. The SMILES string of the molecule is CCCCCc1nc(-c2ccc(-c3ccccc3)cc2)nc(-c2ccccc2O)n1. The fourth-order valence-corrected chi connectivity index (χ4v) is 3.42. The van der Waals surface area contributed by atoms with Gasteiger partial charge in [-0.15, -0.1) is 0 Å². The van der Waals surface area contributed by atoms with E-state index in [-0.39, 0.29) is 5.75 Å². The Hall–Kier alpha value is -3.53. The van der Waals surface area contributed by atoms with Crippen LogP contribution in [0, 0.1) is 0 Å². The Morgan fingerprint density at radius 1 is 0.633 bits per heavy atom. The van der Waals surface area contributed by atoms with Gasteiger partial charge >= 0.3 is 0 Å². The normalized spacial score (nSPS) is 10.8. The monoisotopic (exact) mass is 395 g/mol. The Morgan fingerprint density at radius 2 is 1.27 bits per heavy atom. The van der Waals surface area contributed by atoms with Gasteiger partial charge in [0.15, 0.2) is 11.6 Å². The first-order chi connectivity index (χ1) is 14.7. The lowest BCUT2D eigenvalue weighted by atomic mass is 10.0. The van der Waals surface area contributed by atoms with Gasteiger partial charge in [-0.1, -0.05) is 86.5 Å². The first-order valence-corrected chi connectivity index (χ1v) is 10.4. The molecule has 150 valence electrons. The molecule has 4 rings (SSSR count). The van der Waals surface area contributed by atoms with Crippen LogP contribution in [0.1, 0.15) is 32.0 Å². The Bertz CT molecular complexity index is 1110. The molecule has 1 N–H and O–H groups in total. The van der Waals surface area contributed by atoms with E-state index in [1.807, 2.05) is 42.5 Å². The van der Waals surface area contributed by atoms with Gasteiger partial charge in [-0.05, 0) is 29.7 Å². The third kappa shape index (κ3) is 4.54. The molecule has 0 saturated heterocycles. The molecular weight excluding hydrogens is 370 g/mol. The summed E-state index contributed by atoms with van der Waals surface area (Å²) < 4.78 is 0. The summed E-state index contributed by atoms with van der Waals surface area (Å²) in [6.07, 6.45) is 4.11. The van der Waals surface area contributed by atoms with E-state index in [2.05, 4.69) is 41.2 Å². The third-order valence-corrected chi connectivity index (χ3v) is 5.08. The van der Waals surface area contributed by atoms with Crippen LogP contribution < -0.4 is 0 Å². The zero-order valence-electron chi connectivity index (χ0n) is 17.1. The van der Waals surface area contributed by atoms with Crippen molar-refractivity contribution >= 4 is 0 Å². The number of aryl methyl sites for hydroxylation is 1. The fourth-order valence-electron chi connectivity index (χ4n) is 3.42. The molecule has 0 bridgehead atoms. The predicted molar refractivity (Wildman–Crippen MR) is 121 cm³/mol. The van der Waals surface area contributed by atoms with Crippen LogP contribution in [0.2, 0.25) is 0 Å². The minimum absolute atomic E-state index is 0.175. The van der Waals surface area contributed by atoms with Crippen LogP contribution in [0.15, 0.2) is 78.9 Å². The molecule has 0 amide bonds. The first-order valence-electron chi connectivity index (χ1n) is 10.4. The van der Waals surface area contributed by atoms with E-state index in [0.29, 0.717) is 17.2 Å². The second kappa shape index (κ2) is 9.31. The van der Waals surface area contributed by atoms with Crippen LogP contribution in [0.5, 0.6) is 5.75 Å². The van der Waals surface area contributed by atoms with Gasteiger partial charge in [-0.3, -0.25) is 0 Å². The van der Waals surface area contributed by atoms with Crippen molar-refractivity contribution in [3.05, 3.63) is 84.7 Å². The number of nitrogens with zero attached hydrogens (tertiary/aromatic N) is 3. The predicted octanol–water partition coefficient (Wildman–Crippen LogP) is 6.31. The maximum Gasteiger partial charge on any atom is 0.167 e. The molecule has 30 heavy (non-hydrogen) atoms. The molecular formula is C26H25N3O. The lowest BCUT2D eigenvalue weighted by Gasteiger charge is -2.09. The van der Waals surface area contributed by atoms with Crippen LogP contribution in [0.3, 0.4) is 0 Å². The van der Waals surface area contributed by atoms with Gasteiger partial charge in [0, 0.05) is 12.0 Å². The van der Waals surface area contributed by atoms with Crippen molar-refractivity contribution in [1.82, 2.24) is 15.0 Å². The summed E-state index contributed by atoms with van der Waals surface area (Å²) in [7, 11) is 0. The second-order valence-electron chi connectivity index (χ2n) is 7.32. The van der Waals surface area contributed by atoms with Gasteiger partial charge in [0.25, 0.3) is 0 Å². The van der Waals surface area contributed by atoms with Gasteiger partial charge in [0.05, 0.1) is 5.56 Å². The number of para-hydroxylation sites is 1. The van der Waals surface area contributed by atoms with Crippen molar-refractivity contribution in [2.24, 2.45) is 0 Å². The highest BCUT2D eigenvalue weighted by atomic mass is 16.3. The average molecular weight is 396 g/mol. The van der Waals surface area contributed by atoms with E-state index in [1.54, 1.807) is 12.1 Å². The first kappa shape index (κ1) is 19.8. The highest BCUT2D eigenvalue weighted by Gasteiger charge is 2.13. The standard InChI is InChI=1S/C26H25N3O/c1-2-3-5-14-24-27-25(29-26(28-24)22-12-8-9-13-23(22)30)21-17-15-20(16-18-21)19-10-6-4-7-11-19/h4,6-13,15-18,30H,2-3,5,14H2,1H3. The number of unbranched alkanes of at least 4 members (excludes halogenated alkanes) is 2. The van der Waals surface area contributed by atoms with Crippen molar-refractivity contribution in [2.75, 3.05) is 0 Å². The second-order valence-corrected chi connectivity index (χ2v) is 7.32. The van der Waals surface area contributed by atoms with Crippen molar-refractivity contribution in [3.63, 3.8) is 0 Å². The molecule has 0 unspecified atom stereocenters. The van der Waals surface area contributed by atoms with Crippen molar-refractivity contribution in [1.29, 1.82) is 0 Å². The summed E-state index contributed by atoms with van der Waals surface area (Å²) in [4.78, 5) is 14.1. The van der Waals surface area contributed by atoms with E-state index < -0.39 is 0 Å². The van der Waals surface area contributed by atoms with Crippen LogP contribution >= 0.6 is 0 Å². The van der Waals surface area contributed by atoms with E-state index in [0.717, 1.165) is 42.6 Å². The summed E-state index contributed by atoms with van der Waals surface area (Å²) in [6, 6.07) is 25.7. The number of aromatic hydroxyl groups is 1. The lowest BCUT2D eigenvalue weighted by Crippen LogP contribution is -2.03. The summed E-state index contributed by atoms with van der Waals surface area (Å²) in [5.41, 5.74) is 3.89. The van der Waals surface area contributed by atoms with E-state index in [1.165, 1.54) is 5.56 Å². The van der Waals surface area contributed by atoms with Crippen molar-refractivity contribution in [3.8, 4) is 39.7 Å². The van der Waals surface area contributed by atoms with E-state index in [4.69, 9.17) is 4.98 Å². The molecule has 0 saturated carbocycles. The summed E-state index contributed by atoms with van der Waals surface area (Å²) >= 11 is 0. The van der Waals surface area contributed by atoms with Gasteiger partial charge in [0.2, 0.25) is 0 Å². The number of phenolic OH excluding ortho intramolecular Hbond substituents is 1. The van der Waals surface area contributed by atoms with Gasteiger partial charge in [-0.2, -0.15) is 0 Å². The van der Waals surface area contributed by atoms with Crippen LogP contribution in [0.25, 0.3) is 33.9 Å². The molecule has 3 aromatic carbocycles. The molecule has 0 radical (unpaired) electrons. The molecule has 0 spiro atoms. The van der Waals surface area contributed by atoms with Crippen molar-refractivity contribution < 1.29 is 5.11 Å². The van der Waals surface area contributed by atoms with Crippen LogP contribution in [-0.2, 0) is 6.42 Å². The molecule has 0 aliphatic rings. The summed E-state index contributed by atoms with van der Waals surface area (Å²) in [6.45, 7) is 2.18. The zero-order chi connectivity index (χ0) is 20.8. The molecule has 0 aliphatic carbocycles. The van der Waals surface area contributed by atoms with Gasteiger partial charge in [0.1, 0.15) is 11.6 Å². The maximum absolute atomic E-state index is 10.3. The molecule has 4 heteroatoms. The topological polar surface area (TPSA) is 58.9 Å². The number of rotatable bonds is 7. The van der Waals surface area contributed by atoms with E-state index >= 15 is 0 Å². The zero-order valence-corrected chi connectivity index (χ0v) is 17.1. The average Bonchev–Trinajstić information content (AvgIpc) is 2.80. The van der Waals surface area contributed by atoms with E-state index in [9.17, 15) is 5.11 Å².